The van der Waals surface area contributed by atoms with E-state index in [0.29, 0.717) is 24.4 Å². The van der Waals surface area contributed by atoms with Crippen LogP contribution < -0.4 is 11.1 Å². The molecule has 2 saturated carbocycles. The van der Waals surface area contributed by atoms with E-state index in [2.05, 4.69) is 35.6 Å². The Morgan fingerprint density at radius 3 is 2.39 bits per heavy atom. The van der Waals surface area contributed by atoms with Crippen molar-refractivity contribution in [3.05, 3.63) is 35.9 Å². The van der Waals surface area contributed by atoms with Crippen LogP contribution in [0.25, 0.3) is 0 Å². The van der Waals surface area contributed by atoms with Crippen LogP contribution in [0.3, 0.4) is 0 Å². The Hall–Kier alpha value is -1.06. The summed E-state index contributed by atoms with van der Waals surface area (Å²) in [5.74, 6) is 1.61. The molecular weight excluding hydrogens is 308 g/mol. The Kier molecular flexibility index (Phi) is 6.91. The molecule has 2 aliphatic rings. The molecule has 2 atom stereocenters. The second-order valence-electron chi connectivity index (χ2n) is 7.00. The molecule has 128 valence electrons. The maximum atomic E-state index is 12.5. The lowest BCUT2D eigenvalue weighted by Gasteiger charge is -2.30. The van der Waals surface area contributed by atoms with Gasteiger partial charge in [-0.3, -0.25) is 4.79 Å². The van der Waals surface area contributed by atoms with E-state index in [1.54, 1.807) is 0 Å². The quantitative estimate of drug-likeness (QED) is 0.882. The third-order valence-electron chi connectivity index (χ3n) is 5.66. The zero-order valence-corrected chi connectivity index (χ0v) is 14.6. The summed E-state index contributed by atoms with van der Waals surface area (Å²) in [4.78, 5) is 12.5. The van der Waals surface area contributed by atoms with Crippen LogP contribution in [0.4, 0.5) is 0 Å². The van der Waals surface area contributed by atoms with Crippen molar-refractivity contribution < 1.29 is 4.79 Å². The maximum absolute atomic E-state index is 12.5. The molecular formula is C19H29ClN2O. The summed E-state index contributed by atoms with van der Waals surface area (Å²) in [6, 6.07) is 11.1. The first-order valence-electron chi connectivity index (χ1n) is 8.83. The number of hydrogen-bond donors (Lipinski definition) is 2. The smallest absolute Gasteiger partial charge is 0.223 e. The number of benzene rings is 1. The molecule has 0 saturated heterocycles. The Bertz CT molecular complexity index is 485. The van der Waals surface area contributed by atoms with Crippen molar-refractivity contribution in [1.29, 1.82) is 0 Å². The van der Waals surface area contributed by atoms with Gasteiger partial charge in [-0.1, -0.05) is 36.8 Å². The number of rotatable bonds is 4. The molecule has 3 nitrogen and oxygen atoms in total. The summed E-state index contributed by atoms with van der Waals surface area (Å²) in [6.07, 6.45) is 7.78. The summed E-state index contributed by atoms with van der Waals surface area (Å²) >= 11 is 0. The standard InChI is InChI=1S/C19H28N2O.ClH/c20-13-17-7-4-8-18(17)21-19(22)16-11-9-15(10-12-16)14-5-2-1-3-6-14;/h1-3,5-6,15-18H,4,7-13,20H2,(H,21,22);1H. The van der Waals surface area contributed by atoms with E-state index in [0.717, 1.165) is 32.1 Å². The second kappa shape index (κ2) is 8.70. The minimum atomic E-state index is 0. The number of nitrogens with two attached hydrogens (primary N) is 1. The number of amides is 1. The SMILES string of the molecule is Cl.NCC1CCCC1NC(=O)C1CCC(c2ccccc2)CC1. The molecule has 2 unspecified atom stereocenters. The lowest BCUT2D eigenvalue weighted by molar-refractivity contribution is -0.127. The van der Waals surface area contributed by atoms with Gasteiger partial charge in [-0.15, -0.1) is 12.4 Å². The summed E-state index contributed by atoms with van der Waals surface area (Å²) in [5, 5.41) is 3.29. The van der Waals surface area contributed by atoms with Gasteiger partial charge in [0.15, 0.2) is 0 Å². The Balaban J connectivity index is 0.00000192. The average molecular weight is 337 g/mol. The monoisotopic (exact) mass is 336 g/mol. The highest BCUT2D eigenvalue weighted by molar-refractivity contribution is 5.85. The molecule has 0 bridgehead atoms. The van der Waals surface area contributed by atoms with Crippen molar-refractivity contribution in [3.63, 3.8) is 0 Å². The number of carbonyl (C=O) groups is 1. The first kappa shape index (κ1) is 18.3. The third kappa shape index (κ3) is 4.48. The minimum absolute atomic E-state index is 0. The Morgan fingerprint density at radius 2 is 1.74 bits per heavy atom. The van der Waals surface area contributed by atoms with E-state index in [1.165, 1.54) is 18.4 Å². The van der Waals surface area contributed by atoms with Gasteiger partial charge in [0.2, 0.25) is 5.91 Å². The highest BCUT2D eigenvalue weighted by atomic mass is 35.5. The summed E-state index contributed by atoms with van der Waals surface area (Å²) in [6.45, 7) is 0.700. The number of carbonyl (C=O) groups excluding carboxylic acids is 1. The lowest BCUT2D eigenvalue weighted by atomic mass is 9.78. The van der Waals surface area contributed by atoms with Crippen molar-refractivity contribution in [1.82, 2.24) is 5.32 Å². The first-order valence-corrected chi connectivity index (χ1v) is 8.83. The van der Waals surface area contributed by atoms with Crippen LogP contribution in [-0.4, -0.2) is 18.5 Å². The van der Waals surface area contributed by atoms with Crippen LogP contribution in [0.5, 0.6) is 0 Å². The molecule has 4 heteroatoms. The zero-order chi connectivity index (χ0) is 15.4. The number of halogens is 1. The Labute approximate surface area is 145 Å². The van der Waals surface area contributed by atoms with Gasteiger partial charge in [-0.05, 0) is 62.5 Å². The maximum Gasteiger partial charge on any atom is 0.223 e. The molecule has 2 fully saturated rings. The molecule has 0 aromatic heterocycles. The van der Waals surface area contributed by atoms with Crippen LogP contribution in [-0.2, 0) is 4.79 Å². The zero-order valence-electron chi connectivity index (χ0n) is 13.7. The van der Waals surface area contributed by atoms with Crippen molar-refractivity contribution in [3.8, 4) is 0 Å². The summed E-state index contributed by atoms with van der Waals surface area (Å²) in [7, 11) is 0. The van der Waals surface area contributed by atoms with E-state index in [4.69, 9.17) is 5.73 Å². The van der Waals surface area contributed by atoms with E-state index >= 15 is 0 Å². The van der Waals surface area contributed by atoms with Crippen LogP contribution in [0.2, 0.25) is 0 Å². The van der Waals surface area contributed by atoms with E-state index in [1.807, 2.05) is 0 Å². The molecule has 3 N–H and O–H groups in total. The molecule has 0 spiro atoms. The fraction of sp³-hybridized carbons (Fsp3) is 0.632. The Morgan fingerprint density at radius 1 is 1.04 bits per heavy atom. The van der Waals surface area contributed by atoms with Gasteiger partial charge in [-0.2, -0.15) is 0 Å². The molecule has 2 aliphatic carbocycles. The topological polar surface area (TPSA) is 55.1 Å². The van der Waals surface area contributed by atoms with Crippen LogP contribution in [0.15, 0.2) is 30.3 Å². The third-order valence-corrected chi connectivity index (χ3v) is 5.66. The fourth-order valence-corrected chi connectivity index (χ4v) is 4.22. The first-order chi connectivity index (χ1) is 10.8. The molecule has 1 aromatic carbocycles. The van der Waals surface area contributed by atoms with Gasteiger partial charge in [0.25, 0.3) is 0 Å². The van der Waals surface area contributed by atoms with Crippen LogP contribution in [0, 0.1) is 11.8 Å². The lowest BCUT2D eigenvalue weighted by Crippen LogP contribution is -2.43. The predicted molar refractivity (Wildman–Crippen MR) is 96.7 cm³/mol. The van der Waals surface area contributed by atoms with E-state index in [9.17, 15) is 4.79 Å². The fourth-order valence-electron chi connectivity index (χ4n) is 4.22. The van der Waals surface area contributed by atoms with Crippen LogP contribution >= 0.6 is 12.4 Å². The van der Waals surface area contributed by atoms with Gasteiger partial charge in [-0.25, -0.2) is 0 Å². The second-order valence-corrected chi connectivity index (χ2v) is 7.00. The van der Waals surface area contributed by atoms with Crippen molar-refractivity contribution in [2.75, 3.05) is 6.54 Å². The van der Waals surface area contributed by atoms with Crippen molar-refractivity contribution in [2.45, 2.75) is 56.9 Å². The van der Waals surface area contributed by atoms with Gasteiger partial charge < -0.3 is 11.1 Å². The van der Waals surface area contributed by atoms with Gasteiger partial charge in [0, 0.05) is 12.0 Å². The largest absolute Gasteiger partial charge is 0.353 e. The van der Waals surface area contributed by atoms with E-state index < -0.39 is 0 Å². The number of hydrogen-bond acceptors (Lipinski definition) is 2. The van der Waals surface area contributed by atoms with Gasteiger partial charge >= 0.3 is 0 Å². The predicted octanol–water partition coefficient (Wildman–Crippen LogP) is 3.63. The molecule has 1 aromatic rings. The van der Waals surface area contributed by atoms with Crippen molar-refractivity contribution >= 4 is 18.3 Å². The molecule has 0 aliphatic heterocycles. The highest BCUT2D eigenvalue weighted by Gasteiger charge is 2.31. The van der Waals surface area contributed by atoms with Gasteiger partial charge in [0.05, 0.1) is 0 Å². The minimum Gasteiger partial charge on any atom is -0.353 e. The van der Waals surface area contributed by atoms with E-state index in [-0.39, 0.29) is 24.2 Å². The highest BCUT2D eigenvalue weighted by Crippen LogP contribution is 2.36. The molecule has 0 radical (unpaired) electrons. The summed E-state index contributed by atoms with van der Waals surface area (Å²) in [5.41, 5.74) is 7.24. The summed E-state index contributed by atoms with van der Waals surface area (Å²) < 4.78 is 0. The molecule has 3 rings (SSSR count). The molecule has 23 heavy (non-hydrogen) atoms. The number of nitrogens with one attached hydrogen (secondary N) is 1. The molecule has 1 amide bonds. The molecule has 0 heterocycles. The van der Waals surface area contributed by atoms with Crippen molar-refractivity contribution in [2.24, 2.45) is 17.6 Å². The van der Waals surface area contributed by atoms with Gasteiger partial charge in [0.1, 0.15) is 0 Å². The normalized spacial score (nSPS) is 30.5. The average Bonchev–Trinajstić information content (AvgIpc) is 3.03. The van der Waals surface area contributed by atoms with Crippen LogP contribution in [0.1, 0.15) is 56.4 Å².